The summed E-state index contributed by atoms with van der Waals surface area (Å²) in [6.07, 6.45) is 1.62. The molecule has 0 saturated carbocycles. The Morgan fingerprint density at radius 1 is 1.40 bits per heavy atom. The predicted octanol–water partition coefficient (Wildman–Crippen LogP) is 0.530. The summed E-state index contributed by atoms with van der Waals surface area (Å²) in [6, 6.07) is 3.86. The molecule has 0 unspecified atom stereocenters. The van der Waals surface area contributed by atoms with Gasteiger partial charge in [0.2, 0.25) is 10.0 Å². The number of anilines is 1. The van der Waals surface area contributed by atoms with Gasteiger partial charge in [0.25, 0.3) is 5.91 Å². The summed E-state index contributed by atoms with van der Waals surface area (Å²) >= 11 is 0. The van der Waals surface area contributed by atoms with Crippen LogP contribution in [0.2, 0.25) is 0 Å². The highest BCUT2D eigenvalue weighted by Crippen LogP contribution is 2.22. The van der Waals surface area contributed by atoms with Crippen molar-refractivity contribution < 1.29 is 23.1 Å². The van der Waals surface area contributed by atoms with Crippen LogP contribution in [0.5, 0.6) is 5.75 Å². The maximum atomic E-state index is 12.0. The quantitative estimate of drug-likeness (QED) is 0.637. The number of amides is 1. The lowest BCUT2D eigenvalue weighted by molar-refractivity contribution is 0.0949. The van der Waals surface area contributed by atoms with E-state index in [2.05, 4.69) is 10.0 Å². The summed E-state index contributed by atoms with van der Waals surface area (Å²) in [7, 11) is -1.97. The minimum Gasteiger partial charge on any atom is -0.508 e. The molecular formula is C12H18N2O5S. The second-order valence-electron chi connectivity index (χ2n) is 4.21. The Morgan fingerprint density at radius 3 is 2.70 bits per heavy atom. The van der Waals surface area contributed by atoms with E-state index in [1.165, 1.54) is 18.2 Å². The Morgan fingerprint density at radius 2 is 2.10 bits per heavy atom. The van der Waals surface area contributed by atoms with Crippen LogP contribution in [0, 0.1) is 0 Å². The zero-order valence-corrected chi connectivity index (χ0v) is 12.2. The van der Waals surface area contributed by atoms with Gasteiger partial charge in [0.05, 0.1) is 17.5 Å². The maximum absolute atomic E-state index is 12.0. The Labute approximate surface area is 118 Å². The molecule has 3 N–H and O–H groups in total. The van der Waals surface area contributed by atoms with Crippen molar-refractivity contribution in [1.82, 2.24) is 5.32 Å². The van der Waals surface area contributed by atoms with E-state index in [9.17, 15) is 18.3 Å². The van der Waals surface area contributed by atoms with Gasteiger partial charge in [-0.25, -0.2) is 8.42 Å². The van der Waals surface area contributed by atoms with Gasteiger partial charge < -0.3 is 15.2 Å². The summed E-state index contributed by atoms with van der Waals surface area (Å²) in [5.41, 5.74) is 0.183. The molecule has 0 aromatic heterocycles. The van der Waals surface area contributed by atoms with Crippen LogP contribution in [-0.4, -0.2) is 45.9 Å². The number of sulfonamides is 1. The van der Waals surface area contributed by atoms with Crippen molar-refractivity contribution in [1.29, 1.82) is 0 Å². The molecule has 0 aliphatic rings. The molecule has 1 rings (SSSR count). The third kappa shape index (κ3) is 5.45. The number of phenols is 1. The summed E-state index contributed by atoms with van der Waals surface area (Å²) < 4.78 is 29.5. The van der Waals surface area contributed by atoms with Gasteiger partial charge in [-0.05, 0) is 18.6 Å². The number of benzene rings is 1. The average molecular weight is 302 g/mol. The number of hydrogen-bond acceptors (Lipinski definition) is 5. The smallest absolute Gasteiger partial charge is 0.253 e. The van der Waals surface area contributed by atoms with Crippen molar-refractivity contribution in [2.45, 2.75) is 6.42 Å². The van der Waals surface area contributed by atoms with Crippen molar-refractivity contribution in [2.75, 3.05) is 31.2 Å². The van der Waals surface area contributed by atoms with Crippen LogP contribution in [0.1, 0.15) is 16.8 Å². The Hall–Kier alpha value is -1.80. The van der Waals surface area contributed by atoms with Gasteiger partial charge in [-0.1, -0.05) is 0 Å². The summed E-state index contributed by atoms with van der Waals surface area (Å²) in [5.74, 6) is -0.556. The lowest BCUT2D eigenvalue weighted by Crippen LogP contribution is -2.26. The number of ether oxygens (including phenoxy) is 1. The van der Waals surface area contributed by atoms with Crippen LogP contribution in [0.15, 0.2) is 18.2 Å². The van der Waals surface area contributed by atoms with Crippen molar-refractivity contribution in [3.05, 3.63) is 23.8 Å². The zero-order chi connectivity index (χ0) is 15.2. The Balaban J connectivity index is 2.85. The highest BCUT2D eigenvalue weighted by Gasteiger charge is 2.14. The lowest BCUT2D eigenvalue weighted by Gasteiger charge is -2.11. The predicted molar refractivity (Wildman–Crippen MR) is 75.4 cm³/mol. The first kappa shape index (κ1) is 16.3. The van der Waals surface area contributed by atoms with E-state index < -0.39 is 15.9 Å². The second-order valence-corrected chi connectivity index (χ2v) is 5.95. The molecule has 8 heteroatoms. The molecule has 1 amide bonds. The average Bonchev–Trinajstić information content (AvgIpc) is 2.32. The standard InChI is InChI=1S/C12H18N2O5S/c1-19-7-3-6-13-12(16)10-5-4-9(15)8-11(10)14-20(2,17)18/h4-5,8,14-15H,3,6-7H2,1-2H3,(H,13,16). The Bertz CT molecular complexity index is 571. The SMILES string of the molecule is COCCCNC(=O)c1ccc(O)cc1NS(C)(=O)=O. The lowest BCUT2D eigenvalue weighted by atomic mass is 10.1. The number of phenolic OH excluding ortho intramolecular Hbond substituents is 1. The van der Waals surface area contributed by atoms with E-state index in [0.717, 1.165) is 6.26 Å². The van der Waals surface area contributed by atoms with Crippen LogP contribution in [0.3, 0.4) is 0 Å². The molecule has 1 aromatic carbocycles. The molecule has 0 bridgehead atoms. The Kier molecular flexibility index (Phi) is 5.78. The van der Waals surface area contributed by atoms with Crippen molar-refractivity contribution >= 4 is 21.6 Å². The third-order valence-corrected chi connectivity index (χ3v) is 2.94. The summed E-state index contributed by atoms with van der Waals surface area (Å²) in [6.45, 7) is 0.927. The number of aromatic hydroxyl groups is 1. The molecular weight excluding hydrogens is 284 g/mol. The summed E-state index contributed by atoms with van der Waals surface area (Å²) in [4.78, 5) is 12.0. The van der Waals surface area contributed by atoms with Crippen molar-refractivity contribution in [3.63, 3.8) is 0 Å². The molecule has 0 radical (unpaired) electrons. The van der Waals surface area contributed by atoms with Crippen LogP contribution in [-0.2, 0) is 14.8 Å². The topological polar surface area (TPSA) is 105 Å². The van der Waals surface area contributed by atoms with Gasteiger partial charge in [-0.15, -0.1) is 0 Å². The van der Waals surface area contributed by atoms with Crippen LogP contribution >= 0.6 is 0 Å². The first-order valence-electron chi connectivity index (χ1n) is 5.91. The van der Waals surface area contributed by atoms with E-state index in [4.69, 9.17) is 4.74 Å². The largest absolute Gasteiger partial charge is 0.508 e. The van der Waals surface area contributed by atoms with Crippen LogP contribution in [0.4, 0.5) is 5.69 Å². The highest BCUT2D eigenvalue weighted by atomic mass is 32.2. The fraction of sp³-hybridized carbons (Fsp3) is 0.417. The molecule has 7 nitrogen and oxygen atoms in total. The fourth-order valence-corrected chi connectivity index (χ4v) is 2.10. The normalized spacial score (nSPS) is 11.1. The number of carbonyl (C=O) groups excluding carboxylic acids is 1. The van der Waals surface area contributed by atoms with Gasteiger partial charge in [0, 0.05) is 26.3 Å². The molecule has 0 aliphatic carbocycles. The number of nitrogens with one attached hydrogen (secondary N) is 2. The van der Waals surface area contributed by atoms with E-state index in [1.807, 2.05) is 0 Å². The zero-order valence-electron chi connectivity index (χ0n) is 11.3. The minimum atomic E-state index is -3.54. The molecule has 0 spiro atoms. The number of rotatable bonds is 7. The number of hydrogen-bond donors (Lipinski definition) is 3. The molecule has 0 atom stereocenters. The van der Waals surface area contributed by atoms with Gasteiger partial charge in [-0.3, -0.25) is 9.52 Å². The first-order chi connectivity index (χ1) is 9.33. The molecule has 0 saturated heterocycles. The van der Waals surface area contributed by atoms with E-state index in [0.29, 0.717) is 19.6 Å². The van der Waals surface area contributed by atoms with E-state index >= 15 is 0 Å². The monoisotopic (exact) mass is 302 g/mol. The number of carbonyl (C=O) groups is 1. The molecule has 0 aliphatic heterocycles. The molecule has 20 heavy (non-hydrogen) atoms. The maximum Gasteiger partial charge on any atom is 0.253 e. The summed E-state index contributed by atoms with van der Waals surface area (Å²) in [5, 5.41) is 12.0. The van der Waals surface area contributed by atoms with Crippen LogP contribution < -0.4 is 10.0 Å². The van der Waals surface area contributed by atoms with Crippen LogP contribution in [0.25, 0.3) is 0 Å². The van der Waals surface area contributed by atoms with E-state index in [-0.39, 0.29) is 17.0 Å². The third-order valence-electron chi connectivity index (χ3n) is 2.35. The van der Waals surface area contributed by atoms with Gasteiger partial charge in [0.15, 0.2) is 0 Å². The van der Waals surface area contributed by atoms with Gasteiger partial charge in [-0.2, -0.15) is 0 Å². The number of methoxy groups -OCH3 is 1. The fourth-order valence-electron chi connectivity index (χ4n) is 1.53. The molecule has 112 valence electrons. The van der Waals surface area contributed by atoms with Crippen molar-refractivity contribution in [3.8, 4) is 5.75 Å². The molecule has 0 fully saturated rings. The minimum absolute atomic E-state index is 0.0386. The molecule has 0 heterocycles. The van der Waals surface area contributed by atoms with Gasteiger partial charge in [0.1, 0.15) is 5.75 Å². The highest BCUT2D eigenvalue weighted by molar-refractivity contribution is 7.92. The van der Waals surface area contributed by atoms with E-state index in [1.54, 1.807) is 7.11 Å². The first-order valence-corrected chi connectivity index (χ1v) is 7.80. The molecule has 1 aromatic rings. The second kappa shape index (κ2) is 7.11. The van der Waals surface area contributed by atoms with Gasteiger partial charge >= 0.3 is 0 Å². The van der Waals surface area contributed by atoms with Crippen molar-refractivity contribution in [2.24, 2.45) is 0 Å².